The highest BCUT2D eigenvalue weighted by atomic mass is 19.4. The summed E-state index contributed by atoms with van der Waals surface area (Å²) < 4.78 is 41.2. The van der Waals surface area contributed by atoms with Crippen molar-refractivity contribution in [1.29, 1.82) is 0 Å². The number of piperidine rings is 1. The van der Waals surface area contributed by atoms with Gasteiger partial charge in [-0.1, -0.05) is 12.1 Å². The van der Waals surface area contributed by atoms with Crippen molar-refractivity contribution in [3.8, 4) is 5.75 Å². The Bertz CT molecular complexity index is 512. The number of likely N-dealkylation sites (tertiary alicyclic amines) is 1. The van der Waals surface area contributed by atoms with E-state index in [1.165, 1.54) is 6.07 Å². The van der Waals surface area contributed by atoms with E-state index in [1.807, 2.05) is 6.07 Å². The molecule has 1 aromatic rings. The molecule has 1 saturated heterocycles. The van der Waals surface area contributed by atoms with E-state index in [9.17, 15) is 18.0 Å². The Balaban J connectivity index is 1.87. The van der Waals surface area contributed by atoms with Crippen molar-refractivity contribution in [3.05, 3.63) is 29.8 Å². The smallest absolute Gasteiger partial charge is 0.422 e. The number of alkyl halides is 3. The largest absolute Gasteiger partial charge is 0.484 e. The summed E-state index contributed by atoms with van der Waals surface area (Å²) in [5.74, 6) is -0.123. The summed E-state index contributed by atoms with van der Waals surface area (Å²) in [6.07, 6.45) is -2.90. The summed E-state index contributed by atoms with van der Waals surface area (Å²) in [6, 6.07) is 6.65. The molecule has 4 nitrogen and oxygen atoms in total. The van der Waals surface area contributed by atoms with Crippen LogP contribution in [0.15, 0.2) is 24.3 Å². The summed E-state index contributed by atoms with van der Waals surface area (Å²) in [7, 11) is 0. The molecule has 1 aliphatic rings. The van der Waals surface area contributed by atoms with Crippen LogP contribution in [0.3, 0.4) is 0 Å². The Hall–Kier alpha value is -1.76. The highest BCUT2D eigenvalue weighted by Crippen LogP contribution is 2.22. The van der Waals surface area contributed by atoms with Gasteiger partial charge in [-0.25, -0.2) is 0 Å². The van der Waals surface area contributed by atoms with Crippen molar-refractivity contribution >= 4 is 5.91 Å². The van der Waals surface area contributed by atoms with E-state index in [-0.39, 0.29) is 17.6 Å². The standard InChI is InChI=1S/C15H19F3N2O2/c16-15(17,18)10-22-13-3-1-2-11(8-13)9-20-6-4-12(5-7-20)14(19)21/h1-3,8,12H,4-7,9-10H2,(H2,19,21). The van der Waals surface area contributed by atoms with Gasteiger partial charge in [-0.2, -0.15) is 13.2 Å². The maximum Gasteiger partial charge on any atom is 0.422 e. The summed E-state index contributed by atoms with van der Waals surface area (Å²) in [6.45, 7) is 0.831. The molecular formula is C15H19F3N2O2. The molecule has 1 aromatic carbocycles. The van der Waals surface area contributed by atoms with Crippen molar-refractivity contribution in [2.24, 2.45) is 11.7 Å². The first-order valence-electron chi connectivity index (χ1n) is 7.13. The molecule has 0 bridgehead atoms. The number of rotatable bonds is 5. The van der Waals surface area contributed by atoms with Gasteiger partial charge >= 0.3 is 6.18 Å². The van der Waals surface area contributed by atoms with Crippen molar-refractivity contribution in [3.63, 3.8) is 0 Å². The van der Waals surface area contributed by atoms with Gasteiger partial charge in [-0.05, 0) is 43.6 Å². The number of halogens is 3. The number of hydrogen-bond acceptors (Lipinski definition) is 3. The Morgan fingerprint density at radius 2 is 2.00 bits per heavy atom. The predicted octanol–water partition coefficient (Wildman–Crippen LogP) is 2.32. The van der Waals surface area contributed by atoms with E-state index in [2.05, 4.69) is 4.90 Å². The average molecular weight is 316 g/mol. The number of hydrogen-bond donors (Lipinski definition) is 1. The lowest BCUT2D eigenvalue weighted by Gasteiger charge is -2.30. The molecule has 2 rings (SSSR count). The first-order chi connectivity index (χ1) is 10.3. The lowest BCUT2D eigenvalue weighted by atomic mass is 9.96. The van der Waals surface area contributed by atoms with Gasteiger partial charge in [0.15, 0.2) is 6.61 Å². The molecule has 1 heterocycles. The highest BCUT2D eigenvalue weighted by Gasteiger charge is 2.28. The number of carbonyl (C=O) groups excluding carboxylic acids is 1. The monoisotopic (exact) mass is 316 g/mol. The maximum absolute atomic E-state index is 12.1. The Kier molecular flexibility index (Phi) is 5.28. The quantitative estimate of drug-likeness (QED) is 0.907. The van der Waals surface area contributed by atoms with Crippen LogP contribution in [0.1, 0.15) is 18.4 Å². The molecule has 1 fully saturated rings. The second kappa shape index (κ2) is 7.00. The van der Waals surface area contributed by atoms with Crippen LogP contribution in [0.2, 0.25) is 0 Å². The average Bonchev–Trinajstić information content (AvgIpc) is 2.45. The molecule has 0 saturated carbocycles. The summed E-state index contributed by atoms with van der Waals surface area (Å²) >= 11 is 0. The Labute approximate surface area is 127 Å². The zero-order valence-corrected chi connectivity index (χ0v) is 12.1. The van der Waals surface area contributed by atoms with Crippen LogP contribution in [0.25, 0.3) is 0 Å². The summed E-state index contributed by atoms with van der Waals surface area (Å²) in [5.41, 5.74) is 6.17. The first kappa shape index (κ1) is 16.6. The van der Waals surface area contributed by atoms with E-state index < -0.39 is 12.8 Å². The van der Waals surface area contributed by atoms with Crippen molar-refractivity contribution in [2.75, 3.05) is 19.7 Å². The van der Waals surface area contributed by atoms with Crippen molar-refractivity contribution in [1.82, 2.24) is 4.90 Å². The van der Waals surface area contributed by atoms with Crippen molar-refractivity contribution < 1.29 is 22.7 Å². The van der Waals surface area contributed by atoms with Crippen LogP contribution in [-0.2, 0) is 11.3 Å². The minimum absolute atomic E-state index is 0.0716. The number of amides is 1. The number of benzene rings is 1. The van der Waals surface area contributed by atoms with Crippen LogP contribution in [0, 0.1) is 5.92 Å². The summed E-state index contributed by atoms with van der Waals surface area (Å²) in [4.78, 5) is 13.3. The molecule has 122 valence electrons. The molecule has 0 atom stereocenters. The minimum atomic E-state index is -4.34. The number of ether oxygens (including phenoxy) is 1. The first-order valence-corrected chi connectivity index (χ1v) is 7.13. The maximum atomic E-state index is 12.1. The molecule has 0 aliphatic carbocycles. The fourth-order valence-electron chi connectivity index (χ4n) is 2.53. The van der Waals surface area contributed by atoms with E-state index in [0.29, 0.717) is 6.54 Å². The Morgan fingerprint density at radius 1 is 1.32 bits per heavy atom. The van der Waals surface area contributed by atoms with Gasteiger partial charge in [0.05, 0.1) is 0 Å². The number of nitrogens with two attached hydrogens (primary N) is 1. The third-order valence-corrected chi connectivity index (χ3v) is 3.70. The van der Waals surface area contributed by atoms with Gasteiger partial charge < -0.3 is 10.5 Å². The molecule has 22 heavy (non-hydrogen) atoms. The molecule has 0 spiro atoms. The normalized spacial score (nSPS) is 17.4. The molecule has 0 radical (unpaired) electrons. The molecule has 0 aromatic heterocycles. The van der Waals surface area contributed by atoms with Crippen LogP contribution in [-0.4, -0.2) is 36.7 Å². The third-order valence-electron chi connectivity index (χ3n) is 3.70. The van der Waals surface area contributed by atoms with Gasteiger partial charge in [0, 0.05) is 12.5 Å². The topological polar surface area (TPSA) is 55.6 Å². The SMILES string of the molecule is NC(=O)C1CCN(Cc2cccc(OCC(F)(F)F)c2)CC1. The second-order valence-corrected chi connectivity index (χ2v) is 5.50. The van der Waals surface area contributed by atoms with E-state index in [0.717, 1.165) is 31.5 Å². The highest BCUT2D eigenvalue weighted by molar-refractivity contribution is 5.76. The van der Waals surface area contributed by atoms with Crippen molar-refractivity contribution in [2.45, 2.75) is 25.6 Å². The van der Waals surface area contributed by atoms with E-state index >= 15 is 0 Å². The number of nitrogens with zero attached hydrogens (tertiary/aromatic N) is 1. The van der Waals surface area contributed by atoms with Gasteiger partial charge in [-0.3, -0.25) is 9.69 Å². The number of primary amides is 1. The predicted molar refractivity (Wildman–Crippen MR) is 75.2 cm³/mol. The van der Waals surface area contributed by atoms with Crippen LogP contribution in [0.4, 0.5) is 13.2 Å². The molecular weight excluding hydrogens is 297 g/mol. The molecule has 2 N–H and O–H groups in total. The molecule has 0 unspecified atom stereocenters. The fraction of sp³-hybridized carbons (Fsp3) is 0.533. The van der Waals surface area contributed by atoms with Gasteiger partial charge in [0.25, 0.3) is 0 Å². The molecule has 7 heteroatoms. The zero-order chi connectivity index (χ0) is 16.2. The lowest BCUT2D eigenvalue weighted by molar-refractivity contribution is -0.153. The van der Waals surface area contributed by atoms with Gasteiger partial charge in [0.2, 0.25) is 5.91 Å². The van der Waals surface area contributed by atoms with Gasteiger partial charge in [-0.15, -0.1) is 0 Å². The van der Waals surface area contributed by atoms with E-state index in [1.54, 1.807) is 12.1 Å². The van der Waals surface area contributed by atoms with Crippen LogP contribution >= 0.6 is 0 Å². The van der Waals surface area contributed by atoms with E-state index in [4.69, 9.17) is 10.5 Å². The fourth-order valence-corrected chi connectivity index (χ4v) is 2.53. The second-order valence-electron chi connectivity index (χ2n) is 5.50. The molecule has 1 amide bonds. The van der Waals surface area contributed by atoms with Gasteiger partial charge in [0.1, 0.15) is 5.75 Å². The van der Waals surface area contributed by atoms with Crippen LogP contribution in [0.5, 0.6) is 5.75 Å². The number of carbonyl (C=O) groups is 1. The molecule has 1 aliphatic heterocycles. The third kappa shape index (κ3) is 5.22. The zero-order valence-electron chi connectivity index (χ0n) is 12.1. The summed E-state index contributed by atoms with van der Waals surface area (Å²) in [5, 5.41) is 0. The lowest BCUT2D eigenvalue weighted by Crippen LogP contribution is -2.38. The Morgan fingerprint density at radius 3 is 2.59 bits per heavy atom. The minimum Gasteiger partial charge on any atom is -0.484 e. The van der Waals surface area contributed by atoms with Crippen LogP contribution < -0.4 is 10.5 Å².